The van der Waals surface area contributed by atoms with Crippen molar-refractivity contribution < 1.29 is 18.1 Å². The minimum atomic E-state index is -3.95. The smallest absolute Gasteiger partial charge is 0.269 e. The van der Waals surface area contributed by atoms with Gasteiger partial charge >= 0.3 is 0 Å². The molecule has 0 bridgehead atoms. The Hall–Kier alpha value is -0.130. The molecule has 5 heteroatoms. The summed E-state index contributed by atoms with van der Waals surface area (Å²) in [4.78, 5) is 0. The first-order chi connectivity index (χ1) is 4.06. The van der Waals surface area contributed by atoms with Crippen LogP contribution in [0.15, 0.2) is 0 Å². The van der Waals surface area contributed by atoms with Gasteiger partial charge in [-0.15, -0.1) is 0 Å². The molecule has 0 aromatic carbocycles. The van der Waals surface area contributed by atoms with E-state index in [1.165, 1.54) is 0 Å². The van der Waals surface area contributed by atoms with Crippen LogP contribution in [0.3, 0.4) is 0 Å². The molecule has 0 spiro atoms. The van der Waals surface area contributed by atoms with Crippen molar-refractivity contribution >= 4 is 10.1 Å². The number of aliphatic hydroxyl groups excluding tert-OH is 1. The molecule has 0 aromatic rings. The van der Waals surface area contributed by atoms with E-state index in [0.29, 0.717) is 0 Å². The van der Waals surface area contributed by atoms with Crippen LogP contribution in [0.2, 0.25) is 0 Å². The van der Waals surface area contributed by atoms with Crippen molar-refractivity contribution in [3.05, 3.63) is 12.4 Å². The van der Waals surface area contributed by atoms with Gasteiger partial charge in [0.15, 0.2) is 0 Å². The highest BCUT2D eigenvalue weighted by molar-refractivity contribution is 7.87. The zero-order valence-corrected chi connectivity index (χ0v) is 5.50. The zero-order chi connectivity index (χ0) is 7.33. The summed E-state index contributed by atoms with van der Waals surface area (Å²) in [6.45, 7) is 0.835. The van der Waals surface area contributed by atoms with Crippen molar-refractivity contribution in [3.8, 4) is 0 Å². The predicted molar refractivity (Wildman–Crippen MR) is 31.3 cm³/mol. The van der Waals surface area contributed by atoms with Crippen LogP contribution in [0.4, 0.5) is 0 Å². The first-order valence-electron chi connectivity index (χ1n) is 2.33. The fourth-order valence-corrected chi connectivity index (χ4v) is 0.725. The molecule has 0 saturated carbocycles. The molecule has 2 radical (unpaired) electrons. The number of hydrogen-bond acceptors (Lipinski definition) is 3. The zero-order valence-electron chi connectivity index (χ0n) is 4.69. The van der Waals surface area contributed by atoms with Crippen LogP contribution in [0.1, 0.15) is 12.8 Å². The lowest BCUT2D eigenvalue weighted by molar-refractivity contribution is 0.374. The molecule has 0 heterocycles. The SMILES string of the molecule is O=S(=O)(O)[CH]CC[CH]O. The lowest BCUT2D eigenvalue weighted by Crippen LogP contribution is -1.96. The van der Waals surface area contributed by atoms with Crippen LogP contribution in [-0.2, 0) is 10.1 Å². The number of unbranched alkanes of at least 4 members (excludes halogenated alkanes) is 1. The maximum Gasteiger partial charge on any atom is 0.269 e. The first-order valence-corrected chi connectivity index (χ1v) is 3.83. The third kappa shape index (κ3) is 7.87. The van der Waals surface area contributed by atoms with Gasteiger partial charge in [0.25, 0.3) is 10.1 Å². The van der Waals surface area contributed by atoms with E-state index < -0.39 is 10.1 Å². The van der Waals surface area contributed by atoms with Crippen LogP contribution in [0.25, 0.3) is 0 Å². The highest BCUT2D eigenvalue weighted by Crippen LogP contribution is 1.99. The maximum absolute atomic E-state index is 9.91. The number of hydrogen-bond donors (Lipinski definition) is 2. The van der Waals surface area contributed by atoms with Gasteiger partial charge < -0.3 is 5.11 Å². The molecule has 2 N–H and O–H groups in total. The molecule has 4 nitrogen and oxygen atoms in total. The van der Waals surface area contributed by atoms with Crippen molar-refractivity contribution in [2.24, 2.45) is 0 Å². The van der Waals surface area contributed by atoms with Crippen molar-refractivity contribution in [1.82, 2.24) is 0 Å². The molecule has 0 aromatic heterocycles. The largest absolute Gasteiger partial charge is 0.390 e. The fraction of sp³-hybridized carbons (Fsp3) is 0.500. The van der Waals surface area contributed by atoms with E-state index in [0.717, 1.165) is 12.4 Å². The molecule has 0 fully saturated rings. The third-order valence-electron chi connectivity index (χ3n) is 0.624. The second-order valence-corrected chi connectivity index (χ2v) is 2.80. The van der Waals surface area contributed by atoms with Gasteiger partial charge in [0.2, 0.25) is 0 Å². The van der Waals surface area contributed by atoms with Crippen molar-refractivity contribution in [2.75, 3.05) is 0 Å². The molecule has 9 heavy (non-hydrogen) atoms. The molecule has 0 aliphatic rings. The quantitative estimate of drug-likeness (QED) is 0.450. The topological polar surface area (TPSA) is 74.6 Å². The van der Waals surface area contributed by atoms with E-state index in [1.807, 2.05) is 0 Å². The minimum absolute atomic E-state index is 0.134. The lowest BCUT2D eigenvalue weighted by atomic mass is 10.4. The van der Waals surface area contributed by atoms with Crippen LogP contribution in [-0.4, -0.2) is 18.1 Å². The summed E-state index contributed by atoms with van der Waals surface area (Å²) in [6, 6.07) is 0. The lowest BCUT2D eigenvalue weighted by Gasteiger charge is -1.91. The Morgan fingerprint density at radius 2 is 1.89 bits per heavy atom. The van der Waals surface area contributed by atoms with Gasteiger partial charge in [-0.05, 0) is 12.8 Å². The molecule has 0 saturated heterocycles. The minimum Gasteiger partial charge on any atom is -0.390 e. The second kappa shape index (κ2) is 3.81. The van der Waals surface area contributed by atoms with Gasteiger partial charge in [0.05, 0.1) is 6.61 Å². The number of rotatable bonds is 4. The average Bonchev–Trinajstić information content (AvgIpc) is 1.63. The summed E-state index contributed by atoms with van der Waals surface area (Å²) in [5.41, 5.74) is 0. The monoisotopic (exact) mass is 152 g/mol. The normalized spacial score (nSPS) is 11.8. The Morgan fingerprint density at radius 1 is 1.33 bits per heavy atom. The summed E-state index contributed by atoms with van der Waals surface area (Å²) >= 11 is 0. The average molecular weight is 152 g/mol. The third-order valence-corrected chi connectivity index (χ3v) is 1.28. The van der Waals surface area contributed by atoms with E-state index in [-0.39, 0.29) is 12.8 Å². The first kappa shape index (κ1) is 8.87. The van der Waals surface area contributed by atoms with Gasteiger partial charge in [0.1, 0.15) is 5.75 Å². The Bertz CT molecular complexity index is 148. The molecular formula is C4H8O4S. The van der Waals surface area contributed by atoms with E-state index >= 15 is 0 Å². The van der Waals surface area contributed by atoms with Crippen molar-refractivity contribution in [1.29, 1.82) is 0 Å². The fourth-order valence-electron chi connectivity index (χ4n) is 0.292. The number of aliphatic hydroxyl groups is 1. The Kier molecular flexibility index (Phi) is 3.76. The summed E-state index contributed by atoms with van der Waals surface area (Å²) in [5, 5.41) is 8.04. The standard InChI is InChI=1S/C4H8O4S/c5-3-1-2-4-9(6,7)8/h3-5H,1-2H2,(H,6,7,8). The van der Waals surface area contributed by atoms with Gasteiger partial charge in [-0.3, -0.25) is 4.55 Å². The molecule has 0 atom stereocenters. The Balaban J connectivity index is 3.30. The highest BCUT2D eigenvalue weighted by atomic mass is 32.2. The summed E-state index contributed by atoms with van der Waals surface area (Å²) < 4.78 is 27.9. The molecular weight excluding hydrogens is 144 g/mol. The Labute approximate surface area is 54.3 Å². The molecule has 0 rings (SSSR count). The van der Waals surface area contributed by atoms with Crippen LogP contribution in [0, 0.1) is 12.4 Å². The van der Waals surface area contributed by atoms with E-state index in [1.54, 1.807) is 0 Å². The Morgan fingerprint density at radius 3 is 2.22 bits per heavy atom. The van der Waals surface area contributed by atoms with Gasteiger partial charge in [-0.1, -0.05) is 0 Å². The molecule has 0 aliphatic heterocycles. The van der Waals surface area contributed by atoms with Crippen LogP contribution in [0.5, 0.6) is 0 Å². The summed E-state index contributed by atoms with van der Waals surface area (Å²) in [5.74, 6) is 0.736. The molecule has 0 amide bonds. The molecule has 54 valence electrons. The van der Waals surface area contributed by atoms with Gasteiger partial charge in [0, 0.05) is 0 Å². The van der Waals surface area contributed by atoms with E-state index in [4.69, 9.17) is 9.66 Å². The molecule has 0 aliphatic carbocycles. The predicted octanol–water partition coefficient (Wildman–Crippen LogP) is 0.350. The second-order valence-electron chi connectivity index (χ2n) is 1.44. The molecule has 0 unspecified atom stereocenters. The van der Waals surface area contributed by atoms with Crippen LogP contribution >= 0.6 is 0 Å². The van der Waals surface area contributed by atoms with E-state index in [2.05, 4.69) is 0 Å². The van der Waals surface area contributed by atoms with Gasteiger partial charge in [-0.2, -0.15) is 8.42 Å². The highest BCUT2D eigenvalue weighted by Gasteiger charge is 2.02. The van der Waals surface area contributed by atoms with Crippen LogP contribution < -0.4 is 0 Å². The summed E-state index contributed by atoms with van der Waals surface area (Å²) in [7, 11) is -3.95. The van der Waals surface area contributed by atoms with E-state index in [9.17, 15) is 8.42 Å². The van der Waals surface area contributed by atoms with Crippen molar-refractivity contribution in [2.45, 2.75) is 12.8 Å². The van der Waals surface area contributed by atoms with Gasteiger partial charge in [-0.25, -0.2) is 0 Å². The maximum atomic E-state index is 9.91. The van der Waals surface area contributed by atoms with Crippen molar-refractivity contribution in [3.63, 3.8) is 0 Å². The summed E-state index contributed by atoms with van der Waals surface area (Å²) in [6.07, 6.45) is 0.370.